The molecule has 3 nitrogen and oxygen atoms in total. The van der Waals surface area contributed by atoms with Gasteiger partial charge in [-0.3, -0.25) is 4.98 Å². The smallest absolute Gasteiger partial charge is 0.255 e. The van der Waals surface area contributed by atoms with Crippen molar-refractivity contribution in [2.24, 2.45) is 0 Å². The third-order valence-electron chi connectivity index (χ3n) is 2.40. The van der Waals surface area contributed by atoms with Gasteiger partial charge in [0.25, 0.3) is 9.05 Å². The number of aromatic nitrogens is 1. The van der Waals surface area contributed by atoms with Gasteiger partial charge in [-0.2, -0.15) is 0 Å². The molecular weight excluding hydrogens is 246 g/mol. The normalized spacial score (nSPS) is 11.9. The summed E-state index contributed by atoms with van der Waals surface area (Å²) in [6, 6.07) is 6.88. The van der Waals surface area contributed by atoms with E-state index in [1.807, 2.05) is 19.1 Å². The molecule has 0 saturated carbocycles. The van der Waals surface area contributed by atoms with Crippen LogP contribution in [0.15, 0.2) is 35.4 Å². The zero-order valence-corrected chi connectivity index (χ0v) is 10.2. The minimum absolute atomic E-state index is 0.0642. The fraction of sp³-hybridized carbons (Fsp3) is 0.182. The number of benzene rings is 1. The lowest BCUT2D eigenvalue weighted by Crippen LogP contribution is -1.95. The van der Waals surface area contributed by atoms with Crippen LogP contribution in [0.3, 0.4) is 0 Å². The van der Waals surface area contributed by atoms with E-state index < -0.39 is 9.05 Å². The molecule has 0 amide bonds. The van der Waals surface area contributed by atoms with Gasteiger partial charge in [-0.25, -0.2) is 8.42 Å². The van der Waals surface area contributed by atoms with Crippen LogP contribution < -0.4 is 0 Å². The molecule has 0 radical (unpaired) electrons. The maximum Gasteiger partial charge on any atom is 0.263 e. The van der Waals surface area contributed by atoms with E-state index in [0.29, 0.717) is 5.52 Å². The molecule has 0 atom stereocenters. The van der Waals surface area contributed by atoms with E-state index in [1.54, 1.807) is 12.3 Å². The molecule has 0 N–H and O–H groups in total. The Bertz CT molecular complexity index is 637. The van der Waals surface area contributed by atoms with Gasteiger partial charge >= 0.3 is 0 Å². The van der Waals surface area contributed by atoms with Crippen LogP contribution in [0.4, 0.5) is 0 Å². The van der Waals surface area contributed by atoms with Gasteiger partial charge in [0.05, 0.1) is 5.52 Å². The molecule has 1 aromatic carbocycles. The molecule has 2 rings (SSSR count). The van der Waals surface area contributed by atoms with E-state index in [9.17, 15) is 8.42 Å². The lowest BCUT2D eigenvalue weighted by molar-refractivity contribution is 0.610. The number of fused-ring (bicyclic) bond motifs is 1. The van der Waals surface area contributed by atoms with E-state index in [4.69, 9.17) is 10.7 Å². The Morgan fingerprint density at radius 1 is 1.38 bits per heavy atom. The Kier molecular flexibility index (Phi) is 2.86. The van der Waals surface area contributed by atoms with Gasteiger partial charge in [0.15, 0.2) is 0 Å². The molecule has 1 aromatic heterocycles. The summed E-state index contributed by atoms with van der Waals surface area (Å²) in [6.45, 7) is 2.02. The molecule has 16 heavy (non-hydrogen) atoms. The van der Waals surface area contributed by atoms with Gasteiger partial charge in [-0.05, 0) is 24.1 Å². The first-order chi connectivity index (χ1) is 7.52. The molecule has 0 saturated heterocycles. The number of para-hydroxylation sites is 1. The predicted octanol–water partition coefficient (Wildman–Crippen LogP) is 2.72. The van der Waals surface area contributed by atoms with Crippen molar-refractivity contribution in [2.75, 3.05) is 0 Å². The lowest BCUT2D eigenvalue weighted by atomic mass is 10.1. The van der Waals surface area contributed by atoms with Crippen molar-refractivity contribution in [2.45, 2.75) is 18.2 Å². The monoisotopic (exact) mass is 255 g/mol. The van der Waals surface area contributed by atoms with Gasteiger partial charge in [0.2, 0.25) is 0 Å². The zero-order chi connectivity index (χ0) is 11.8. The third-order valence-corrected chi connectivity index (χ3v) is 3.76. The van der Waals surface area contributed by atoms with Crippen LogP contribution in [-0.4, -0.2) is 13.4 Å². The molecule has 0 fully saturated rings. The molecule has 5 heteroatoms. The average molecular weight is 256 g/mol. The van der Waals surface area contributed by atoms with Crippen LogP contribution in [0, 0.1) is 0 Å². The van der Waals surface area contributed by atoms with Crippen molar-refractivity contribution in [3.63, 3.8) is 0 Å². The summed E-state index contributed by atoms with van der Waals surface area (Å²) >= 11 is 0. The highest BCUT2D eigenvalue weighted by Crippen LogP contribution is 2.24. The SMILES string of the molecule is CCc1cnc2c(S(=O)(=O)Cl)cccc2c1. The van der Waals surface area contributed by atoms with E-state index >= 15 is 0 Å². The van der Waals surface area contributed by atoms with Crippen molar-refractivity contribution in [3.05, 3.63) is 36.0 Å². The van der Waals surface area contributed by atoms with Gasteiger partial charge in [0.1, 0.15) is 4.90 Å². The van der Waals surface area contributed by atoms with Crippen molar-refractivity contribution in [1.29, 1.82) is 0 Å². The Morgan fingerprint density at radius 2 is 2.12 bits per heavy atom. The first kappa shape index (κ1) is 11.4. The Balaban J connectivity index is 2.80. The number of pyridine rings is 1. The topological polar surface area (TPSA) is 47.0 Å². The molecule has 1 heterocycles. The predicted molar refractivity (Wildman–Crippen MR) is 64.2 cm³/mol. The van der Waals surface area contributed by atoms with Crippen LogP contribution in [0.2, 0.25) is 0 Å². The van der Waals surface area contributed by atoms with Crippen LogP contribution in [-0.2, 0) is 15.5 Å². The largest absolute Gasteiger partial charge is 0.263 e. The Morgan fingerprint density at radius 3 is 2.75 bits per heavy atom. The first-order valence-corrected chi connectivity index (χ1v) is 7.15. The Labute approximate surface area is 98.5 Å². The molecule has 0 aliphatic heterocycles. The first-order valence-electron chi connectivity index (χ1n) is 4.84. The zero-order valence-electron chi connectivity index (χ0n) is 8.64. The highest BCUT2D eigenvalue weighted by Gasteiger charge is 2.14. The Hall–Kier alpha value is -1.13. The van der Waals surface area contributed by atoms with Crippen LogP contribution in [0.5, 0.6) is 0 Å². The highest BCUT2D eigenvalue weighted by molar-refractivity contribution is 8.14. The number of hydrogen-bond acceptors (Lipinski definition) is 3. The summed E-state index contributed by atoms with van der Waals surface area (Å²) in [5, 5.41) is 0.793. The molecule has 0 unspecified atom stereocenters. The second kappa shape index (κ2) is 4.03. The summed E-state index contributed by atoms with van der Waals surface area (Å²) in [5.41, 5.74) is 1.49. The number of rotatable bonds is 2. The van der Waals surface area contributed by atoms with Crippen molar-refractivity contribution in [1.82, 2.24) is 4.98 Å². The second-order valence-electron chi connectivity index (χ2n) is 3.46. The quantitative estimate of drug-likeness (QED) is 0.776. The maximum atomic E-state index is 11.3. The minimum Gasteiger partial charge on any atom is -0.255 e. The van der Waals surface area contributed by atoms with Gasteiger partial charge < -0.3 is 0 Å². The number of hydrogen-bond donors (Lipinski definition) is 0. The number of halogens is 1. The number of nitrogens with zero attached hydrogens (tertiary/aromatic N) is 1. The third kappa shape index (κ3) is 2.03. The molecule has 2 aromatic rings. The highest BCUT2D eigenvalue weighted by atomic mass is 35.7. The summed E-state index contributed by atoms with van der Waals surface area (Å²) in [6.07, 6.45) is 2.54. The average Bonchev–Trinajstić information content (AvgIpc) is 2.26. The van der Waals surface area contributed by atoms with Gasteiger partial charge in [-0.1, -0.05) is 19.1 Å². The second-order valence-corrected chi connectivity index (χ2v) is 6.00. The molecule has 0 bridgehead atoms. The van der Waals surface area contributed by atoms with Crippen LogP contribution in [0.1, 0.15) is 12.5 Å². The standard InChI is InChI=1S/C11H10ClNO2S/c1-2-8-6-9-4-3-5-10(16(12,14)15)11(9)13-7-8/h3-7H,2H2,1H3. The van der Waals surface area contributed by atoms with Gasteiger partial charge in [0, 0.05) is 22.3 Å². The fourth-order valence-corrected chi connectivity index (χ4v) is 2.58. The summed E-state index contributed by atoms with van der Waals surface area (Å²) in [7, 11) is 1.60. The summed E-state index contributed by atoms with van der Waals surface area (Å²) < 4.78 is 22.7. The van der Waals surface area contributed by atoms with E-state index in [2.05, 4.69) is 4.98 Å². The van der Waals surface area contributed by atoms with Crippen molar-refractivity contribution < 1.29 is 8.42 Å². The van der Waals surface area contributed by atoms with E-state index in [0.717, 1.165) is 17.4 Å². The summed E-state index contributed by atoms with van der Waals surface area (Å²) in [5.74, 6) is 0. The van der Waals surface area contributed by atoms with Gasteiger partial charge in [-0.15, -0.1) is 0 Å². The van der Waals surface area contributed by atoms with E-state index in [-0.39, 0.29) is 4.90 Å². The molecular formula is C11H10ClNO2S. The van der Waals surface area contributed by atoms with Crippen LogP contribution in [0.25, 0.3) is 10.9 Å². The van der Waals surface area contributed by atoms with E-state index in [1.165, 1.54) is 6.07 Å². The van der Waals surface area contributed by atoms with Crippen molar-refractivity contribution in [3.8, 4) is 0 Å². The minimum atomic E-state index is -3.74. The molecule has 0 aliphatic carbocycles. The fourth-order valence-electron chi connectivity index (χ4n) is 1.57. The molecule has 0 aliphatic rings. The van der Waals surface area contributed by atoms with Crippen LogP contribution >= 0.6 is 10.7 Å². The lowest BCUT2D eigenvalue weighted by Gasteiger charge is -2.03. The summed E-state index contributed by atoms with van der Waals surface area (Å²) in [4.78, 5) is 4.22. The molecule has 84 valence electrons. The molecule has 0 spiro atoms. The van der Waals surface area contributed by atoms with Crippen molar-refractivity contribution >= 4 is 30.6 Å². The maximum absolute atomic E-state index is 11.3. The number of aryl methyl sites for hydroxylation is 1.